The van der Waals surface area contributed by atoms with Gasteiger partial charge in [0, 0.05) is 25.7 Å². The quantitative estimate of drug-likeness (QED) is 0.644. The van der Waals surface area contributed by atoms with Crippen molar-refractivity contribution >= 4 is 15.7 Å². The standard InChI is InChI=1S/C18H14F3N3O4S/c19-18(20,21)28-12-4-6-13(7-5-12)29(26,27)23-10-8-15-14(11-23)17(25)24-9-2-1-3-16(24)22-15/h1-7,9H,8,10-11H2. The van der Waals surface area contributed by atoms with Gasteiger partial charge in [-0.25, -0.2) is 13.4 Å². The Morgan fingerprint density at radius 2 is 1.79 bits per heavy atom. The number of halogens is 3. The highest BCUT2D eigenvalue weighted by Crippen LogP contribution is 2.27. The number of fused-ring (bicyclic) bond motifs is 2. The van der Waals surface area contributed by atoms with Crippen molar-refractivity contribution in [2.75, 3.05) is 6.54 Å². The largest absolute Gasteiger partial charge is 0.573 e. The molecule has 3 heterocycles. The molecule has 2 aromatic heterocycles. The minimum absolute atomic E-state index is 0.103. The lowest BCUT2D eigenvalue weighted by Gasteiger charge is -2.27. The van der Waals surface area contributed by atoms with Gasteiger partial charge in [-0.1, -0.05) is 6.07 Å². The Hall–Kier alpha value is -2.92. The normalized spacial score (nSPS) is 15.3. The van der Waals surface area contributed by atoms with Crippen molar-refractivity contribution in [1.29, 1.82) is 0 Å². The summed E-state index contributed by atoms with van der Waals surface area (Å²) in [7, 11) is -4.01. The van der Waals surface area contributed by atoms with Crippen LogP contribution < -0.4 is 10.3 Å². The summed E-state index contributed by atoms with van der Waals surface area (Å²) in [5, 5.41) is 0. The van der Waals surface area contributed by atoms with E-state index in [-0.39, 0.29) is 35.5 Å². The number of rotatable bonds is 3. The van der Waals surface area contributed by atoms with E-state index < -0.39 is 22.1 Å². The third kappa shape index (κ3) is 3.70. The lowest BCUT2D eigenvalue weighted by atomic mass is 10.1. The first-order valence-corrected chi connectivity index (χ1v) is 9.94. The number of pyridine rings is 1. The van der Waals surface area contributed by atoms with Crippen LogP contribution in [0.15, 0.2) is 58.4 Å². The molecule has 0 radical (unpaired) electrons. The second-order valence-corrected chi connectivity index (χ2v) is 8.32. The van der Waals surface area contributed by atoms with Crippen molar-refractivity contribution in [3.63, 3.8) is 0 Å². The van der Waals surface area contributed by atoms with Crippen LogP contribution in [-0.4, -0.2) is 35.0 Å². The van der Waals surface area contributed by atoms with Gasteiger partial charge in [0.2, 0.25) is 10.0 Å². The molecule has 0 aliphatic carbocycles. The highest BCUT2D eigenvalue weighted by Gasteiger charge is 2.33. The van der Waals surface area contributed by atoms with Gasteiger partial charge in [0.15, 0.2) is 0 Å². The summed E-state index contributed by atoms with van der Waals surface area (Å²) in [5.41, 5.74) is 0.953. The molecule has 7 nitrogen and oxygen atoms in total. The van der Waals surface area contributed by atoms with Gasteiger partial charge in [0.1, 0.15) is 11.4 Å². The second kappa shape index (κ2) is 6.85. The number of sulfonamides is 1. The summed E-state index contributed by atoms with van der Waals surface area (Å²) < 4.78 is 68.8. The Labute approximate surface area is 163 Å². The number of ether oxygens (including phenoxy) is 1. The maximum atomic E-state index is 12.9. The average molecular weight is 425 g/mol. The fourth-order valence-corrected chi connectivity index (χ4v) is 4.60. The van der Waals surface area contributed by atoms with Crippen LogP contribution in [0.25, 0.3) is 5.65 Å². The monoisotopic (exact) mass is 425 g/mol. The van der Waals surface area contributed by atoms with Gasteiger partial charge in [0.05, 0.1) is 16.2 Å². The van der Waals surface area contributed by atoms with Crippen LogP contribution in [0.1, 0.15) is 11.3 Å². The molecule has 1 aromatic carbocycles. The van der Waals surface area contributed by atoms with Crippen molar-refractivity contribution in [2.24, 2.45) is 0 Å². The number of benzene rings is 1. The lowest BCUT2D eigenvalue weighted by molar-refractivity contribution is -0.274. The van der Waals surface area contributed by atoms with Gasteiger partial charge in [-0.15, -0.1) is 13.2 Å². The molecule has 11 heteroatoms. The number of aromatic nitrogens is 2. The summed E-state index contributed by atoms with van der Waals surface area (Å²) >= 11 is 0. The first kappa shape index (κ1) is 19.4. The average Bonchev–Trinajstić information content (AvgIpc) is 2.67. The van der Waals surface area contributed by atoms with Crippen molar-refractivity contribution in [3.05, 3.63) is 70.3 Å². The van der Waals surface area contributed by atoms with E-state index in [0.717, 1.165) is 28.6 Å². The van der Waals surface area contributed by atoms with Gasteiger partial charge < -0.3 is 4.74 Å². The number of alkyl halides is 3. The molecule has 0 bridgehead atoms. The van der Waals surface area contributed by atoms with Gasteiger partial charge >= 0.3 is 6.36 Å². The molecule has 29 heavy (non-hydrogen) atoms. The van der Waals surface area contributed by atoms with E-state index in [9.17, 15) is 26.4 Å². The Kier molecular flexibility index (Phi) is 4.58. The van der Waals surface area contributed by atoms with Crippen LogP contribution in [0, 0.1) is 0 Å². The Balaban J connectivity index is 1.64. The molecule has 0 atom stereocenters. The molecule has 4 rings (SSSR count). The summed E-state index contributed by atoms with van der Waals surface area (Å²) in [6.07, 6.45) is -3.06. The van der Waals surface area contributed by atoms with Crippen molar-refractivity contribution in [1.82, 2.24) is 13.7 Å². The minimum Gasteiger partial charge on any atom is -0.406 e. The maximum Gasteiger partial charge on any atom is 0.573 e. The molecular formula is C18H14F3N3O4S. The predicted molar refractivity (Wildman–Crippen MR) is 95.9 cm³/mol. The molecule has 0 unspecified atom stereocenters. The van der Waals surface area contributed by atoms with Crippen LogP contribution in [0.3, 0.4) is 0 Å². The highest BCUT2D eigenvalue weighted by molar-refractivity contribution is 7.89. The van der Waals surface area contributed by atoms with Gasteiger partial charge in [0.25, 0.3) is 5.56 Å². The molecule has 1 aliphatic heterocycles. The zero-order chi connectivity index (χ0) is 20.8. The van der Waals surface area contributed by atoms with Gasteiger partial charge in [-0.2, -0.15) is 4.31 Å². The molecule has 0 saturated heterocycles. The molecule has 0 amide bonds. The number of hydrogen-bond acceptors (Lipinski definition) is 5. The predicted octanol–water partition coefficient (Wildman–Crippen LogP) is 2.34. The summed E-state index contributed by atoms with van der Waals surface area (Å²) in [5.74, 6) is -0.519. The van der Waals surface area contributed by atoms with Crippen LogP contribution in [0.2, 0.25) is 0 Å². The fourth-order valence-electron chi connectivity index (χ4n) is 3.19. The highest BCUT2D eigenvalue weighted by atomic mass is 32.2. The SMILES string of the molecule is O=c1c2c(nc3ccccn13)CCN(S(=O)(=O)c1ccc(OC(F)(F)F)cc1)C2. The first-order chi connectivity index (χ1) is 13.6. The summed E-state index contributed by atoms with van der Waals surface area (Å²) in [4.78, 5) is 17.0. The van der Waals surface area contributed by atoms with Crippen molar-refractivity contribution in [3.8, 4) is 5.75 Å². The zero-order valence-corrected chi connectivity index (χ0v) is 15.6. The van der Waals surface area contributed by atoms with Crippen LogP contribution in [-0.2, 0) is 23.0 Å². The Morgan fingerprint density at radius 3 is 2.48 bits per heavy atom. The second-order valence-electron chi connectivity index (χ2n) is 6.38. The van der Waals surface area contributed by atoms with E-state index in [2.05, 4.69) is 9.72 Å². The van der Waals surface area contributed by atoms with Crippen molar-refractivity contribution < 1.29 is 26.3 Å². The first-order valence-electron chi connectivity index (χ1n) is 8.50. The third-order valence-electron chi connectivity index (χ3n) is 4.54. The third-order valence-corrected chi connectivity index (χ3v) is 6.40. The topological polar surface area (TPSA) is 81.0 Å². The maximum absolute atomic E-state index is 12.9. The molecule has 3 aromatic rings. The van der Waals surface area contributed by atoms with Gasteiger partial charge in [-0.3, -0.25) is 9.20 Å². The van der Waals surface area contributed by atoms with Crippen molar-refractivity contribution in [2.45, 2.75) is 24.2 Å². The minimum atomic E-state index is -4.87. The van der Waals surface area contributed by atoms with E-state index in [4.69, 9.17) is 0 Å². The molecule has 0 saturated carbocycles. The molecule has 0 N–H and O–H groups in total. The van der Waals surface area contributed by atoms with E-state index in [1.165, 1.54) is 4.40 Å². The Bertz CT molecular complexity index is 1240. The molecule has 0 spiro atoms. The van der Waals surface area contributed by atoms with Crippen LogP contribution in [0.4, 0.5) is 13.2 Å². The van der Waals surface area contributed by atoms with E-state index in [0.29, 0.717) is 11.3 Å². The summed E-state index contributed by atoms with van der Waals surface area (Å²) in [6, 6.07) is 9.05. The molecular weight excluding hydrogens is 411 g/mol. The Morgan fingerprint density at radius 1 is 1.07 bits per heavy atom. The van der Waals surface area contributed by atoms with E-state index in [1.807, 2.05) is 0 Å². The molecule has 152 valence electrons. The van der Waals surface area contributed by atoms with E-state index in [1.54, 1.807) is 24.4 Å². The lowest BCUT2D eigenvalue weighted by Crippen LogP contribution is -2.40. The van der Waals surface area contributed by atoms with Crippen LogP contribution >= 0.6 is 0 Å². The van der Waals surface area contributed by atoms with E-state index >= 15 is 0 Å². The molecule has 1 aliphatic rings. The number of nitrogens with zero attached hydrogens (tertiary/aromatic N) is 3. The molecule has 0 fully saturated rings. The van der Waals surface area contributed by atoms with Crippen LogP contribution in [0.5, 0.6) is 5.75 Å². The van der Waals surface area contributed by atoms with Gasteiger partial charge in [-0.05, 0) is 36.4 Å². The smallest absolute Gasteiger partial charge is 0.406 e. The fraction of sp³-hybridized carbons (Fsp3) is 0.222. The summed E-state index contributed by atoms with van der Waals surface area (Å²) in [6.45, 7) is -0.0618. The number of hydrogen-bond donors (Lipinski definition) is 0. The zero-order valence-electron chi connectivity index (χ0n) is 14.8.